The maximum Gasteiger partial charge on any atom is 0.0941 e. The molecule has 88 valence electrons. The molecule has 3 rings (SSSR count). The minimum atomic E-state index is 0.774. The molecule has 0 spiro atoms. The van der Waals surface area contributed by atoms with Gasteiger partial charge in [-0.15, -0.1) is 11.3 Å². The number of nitrogen functional groups attached to an aromatic ring is 1. The van der Waals surface area contributed by atoms with E-state index in [0.29, 0.717) is 0 Å². The minimum Gasteiger partial charge on any atom is -0.390 e. The van der Waals surface area contributed by atoms with Crippen LogP contribution in [0.2, 0.25) is 5.02 Å². The smallest absolute Gasteiger partial charge is 0.0941 e. The third-order valence-electron chi connectivity index (χ3n) is 3.33. The molecular formula is C14H14ClNS. The Morgan fingerprint density at radius 2 is 1.76 bits per heavy atom. The Balaban J connectivity index is 2.13. The molecular weight excluding hydrogens is 250 g/mol. The number of hydrogen-bond donors (Lipinski definition) is 1. The summed E-state index contributed by atoms with van der Waals surface area (Å²) < 4.78 is 0. The monoisotopic (exact) mass is 263 g/mol. The number of halogens is 1. The number of nitrogens with two attached hydrogens (primary N) is 1. The molecule has 0 unspecified atom stereocenters. The van der Waals surface area contributed by atoms with Crippen LogP contribution in [0.5, 0.6) is 0 Å². The Hall–Kier alpha value is -0.990. The second-order valence-electron chi connectivity index (χ2n) is 4.46. The summed E-state index contributed by atoms with van der Waals surface area (Å²) in [4.78, 5) is 1.48. The Morgan fingerprint density at radius 1 is 1.06 bits per heavy atom. The molecule has 0 bridgehead atoms. The molecule has 0 aliphatic heterocycles. The van der Waals surface area contributed by atoms with Gasteiger partial charge in [-0.2, -0.15) is 0 Å². The van der Waals surface area contributed by atoms with Gasteiger partial charge in [0.25, 0.3) is 0 Å². The highest BCUT2D eigenvalue weighted by molar-refractivity contribution is 7.16. The second kappa shape index (κ2) is 4.35. The minimum absolute atomic E-state index is 0.774. The van der Waals surface area contributed by atoms with Gasteiger partial charge in [0.05, 0.1) is 5.00 Å². The lowest BCUT2D eigenvalue weighted by molar-refractivity contribution is 0.698. The van der Waals surface area contributed by atoms with Crippen molar-refractivity contribution in [2.24, 2.45) is 0 Å². The van der Waals surface area contributed by atoms with Gasteiger partial charge in [-0.25, -0.2) is 0 Å². The average molecular weight is 264 g/mol. The standard InChI is InChI=1S/C14H14ClNS/c15-10-7-5-9(6-8-10)13-11-3-1-2-4-12(11)17-14(13)16/h5-8H,1-4,16H2. The fourth-order valence-corrected chi connectivity index (χ4v) is 3.83. The summed E-state index contributed by atoms with van der Waals surface area (Å²) >= 11 is 7.69. The van der Waals surface area contributed by atoms with Gasteiger partial charge in [-0.05, 0) is 48.9 Å². The first-order chi connectivity index (χ1) is 8.25. The van der Waals surface area contributed by atoms with E-state index in [2.05, 4.69) is 12.1 Å². The zero-order valence-electron chi connectivity index (χ0n) is 9.50. The summed E-state index contributed by atoms with van der Waals surface area (Å²) in [5.74, 6) is 0. The fraction of sp³-hybridized carbons (Fsp3) is 0.286. The molecule has 1 heterocycles. The van der Waals surface area contributed by atoms with Crippen LogP contribution in [0.3, 0.4) is 0 Å². The number of rotatable bonds is 1. The van der Waals surface area contributed by atoms with E-state index in [-0.39, 0.29) is 0 Å². The van der Waals surface area contributed by atoms with Crippen molar-refractivity contribution in [2.75, 3.05) is 5.73 Å². The molecule has 1 aromatic carbocycles. The predicted octanol–water partition coefficient (Wildman–Crippen LogP) is 4.53. The number of hydrogen-bond acceptors (Lipinski definition) is 2. The summed E-state index contributed by atoms with van der Waals surface area (Å²) in [5.41, 5.74) is 10.1. The van der Waals surface area contributed by atoms with Crippen LogP contribution in [0, 0.1) is 0 Å². The molecule has 1 aromatic heterocycles. The molecule has 17 heavy (non-hydrogen) atoms. The van der Waals surface area contributed by atoms with Crippen molar-refractivity contribution in [1.82, 2.24) is 0 Å². The van der Waals surface area contributed by atoms with Crippen LogP contribution >= 0.6 is 22.9 Å². The Morgan fingerprint density at radius 3 is 2.53 bits per heavy atom. The van der Waals surface area contributed by atoms with Crippen molar-refractivity contribution >= 4 is 27.9 Å². The molecule has 1 aliphatic rings. The van der Waals surface area contributed by atoms with Gasteiger partial charge in [-0.1, -0.05) is 23.7 Å². The molecule has 0 fully saturated rings. The van der Waals surface area contributed by atoms with Gasteiger partial charge in [0, 0.05) is 15.5 Å². The third-order valence-corrected chi connectivity index (χ3v) is 4.70. The van der Waals surface area contributed by atoms with Crippen LogP contribution in [-0.4, -0.2) is 0 Å². The Kier molecular flexibility index (Phi) is 2.85. The normalized spacial score (nSPS) is 14.6. The SMILES string of the molecule is Nc1sc2c(c1-c1ccc(Cl)cc1)CCCC2. The number of aryl methyl sites for hydroxylation is 1. The van der Waals surface area contributed by atoms with Crippen LogP contribution in [0.25, 0.3) is 11.1 Å². The summed E-state index contributed by atoms with van der Waals surface area (Å²) in [6.07, 6.45) is 4.94. The van der Waals surface area contributed by atoms with Crippen LogP contribution in [0.1, 0.15) is 23.3 Å². The molecule has 0 amide bonds. The van der Waals surface area contributed by atoms with E-state index in [4.69, 9.17) is 17.3 Å². The molecule has 0 saturated carbocycles. The topological polar surface area (TPSA) is 26.0 Å². The summed E-state index contributed by atoms with van der Waals surface area (Å²) in [5, 5.41) is 1.73. The summed E-state index contributed by atoms with van der Waals surface area (Å²) in [6.45, 7) is 0. The number of thiophene rings is 1. The van der Waals surface area contributed by atoms with Crippen molar-refractivity contribution in [1.29, 1.82) is 0 Å². The second-order valence-corrected chi connectivity index (χ2v) is 6.03. The first-order valence-corrected chi connectivity index (χ1v) is 7.11. The van der Waals surface area contributed by atoms with Crippen LogP contribution < -0.4 is 5.73 Å². The van der Waals surface area contributed by atoms with E-state index >= 15 is 0 Å². The van der Waals surface area contributed by atoms with Gasteiger partial charge in [0.2, 0.25) is 0 Å². The lowest BCUT2D eigenvalue weighted by atomic mass is 9.92. The average Bonchev–Trinajstić information content (AvgIpc) is 2.66. The van der Waals surface area contributed by atoms with Crippen molar-refractivity contribution < 1.29 is 0 Å². The molecule has 2 N–H and O–H groups in total. The summed E-state index contributed by atoms with van der Waals surface area (Å²) in [6, 6.07) is 8.00. The number of benzene rings is 1. The Labute approximate surface area is 110 Å². The zero-order valence-corrected chi connectivity index (χ0v) is 11.1. The number of fused-ring (bicyclic) bond motifs is 1. The first kappa shape index (κ1) is 11.1. The van der Waals surface area contributed by atoms with E-state index in [1.54, 1.807) is 11.3 Å². The lowest BCUT2D eigenvalue weighted by Gasteiger charge is -2.12. The van der Waals surface area contributed by atoms with Gasteiger partial charge < -0.3 is 5.73 Å². The summed E-state index contributed by atoms with van der Waals surface area (Å²) in [7, 11) is 0. The van der Waals surface area contributed by atoms with Gasteiger partial charge in [-0.3, -0.25) is 0 Å². The number of anilines is 1. The van der Waals surface area contributed by atoms with E-state index < -0.39 is 0 Å². The molecule has 3 heteroatoms. The maximum absolute atomic E-state index is 6.18. The van der Waals surface area contributed by atoms with E-state index in [1.807, 2.05) is 12.1 Å². The van der Waals surface area contributed by atoms with E-state index in [0.717, 1.165) is 10.0 Å². The van der Waals surface area contributed by atoms with Gasteiger partial charge in [0.1, 0.15) is 0 Å². The highest BCUT2D eigenvalue weighted by atomic mass is 35.5. The predicted molar refractivity (Wildman–Crippen MR) is 75.8 cm³/mol. The molecule has 0 radical (unpaired) electrons. The molecule has 0 atom stereocenters. The van der Waals surface area contributed by atoms with Crippen molar-refractivity contribution in [3.8, 4) is 11.1 Å². The van der Waals surface area contributed by atoms with Crippen LogP contribution in [0.4, 0.5) is 5.00 Å². The lowest BCUT2D eigenvalue weighted by Crippen LogP contribution is -1.99. The van der Waals surface area contributed by atoms with E-state index in [9.17, 15) is 0 Å². The quantitative estimate of drug-likeness (QED) is 0.804. The molecule has 1 aliphatic carbocycles. The zero-order chi connectivity index (χ0) is 11.8. The highest BCUT2D eigenvalue weighted by Gasteiger charge is 2.20. The van der Waals surface area contributed by atoms with Gasteiger partial charge in [0.15, 0.2) is 0 Å². The van der Waals surface area contributed by atoms with Crippen LogP contribution in [0.15, 0.2) is 24.3 Å². The molecule has 2 aromatic rings. The van der Waals surface area contributed by atoms with Crippen molar-refractivity contribution in [3.05, 3.63) is 39.7 Å². The maximum atomic E-state index is 6.18. The highest BCUT2D eigenvalue weighted by Crippen LogP contribution is 2.42. The van der Waals surface area contributed by atoms with Gasteiger partial charge >= 0.3 is 0 Å². The van der Waals surface area contributed by atoms with Crippen molar-refractivity contribution in [3.63, 3.8) is 0 Å². The van der Waals surface area contributed by atoms with Crippen molar-refractivity contribution in [2.45, 2.75) is 25.7 Å². The Bertz CT molecular complexity index is 542. The largest absolute Gasteiger partial charge is 0.390 e. The fourth-order valence-electron chi connectivity index (χ4n) is 2.52. The third kappa shape index (κ3) is 1.96. The molecule has 0 saturated heterocycles. The van der Waals surface area contributed by atoms with E-state index in [1.165, 1.54) is 47.3 Å². The molecule has 1 nitrogen and oxygen atoms in total. The first-order valence-electron chi connectivity index (χ1n) is 5.91. The van der Waals surface area contributed by atoms with Crippen LogP contribution in [-0.2, 0) is 12.8 Å².